The molecule has 2 aromatic carbocycles. The van der Waals surface area contributed by atoms with Crippen molar-refractivity contribution in [3.8, 4) is 39.5 Å². The Hall–Kier alpha value is -5.74. The number of fused-ring (bicyclic) bond motifs is 5. The maximum absolute atomic E-state index is 13.8. The smallest absolute Gasteiger partial charge is 0.240 e. The molecule has 0 saturated carbocycles. The van der Waals surface area contributed by atoms with Crippen LogP contribution in [0.4, 0.5) is 0 Å². The van der Waals surface area contributed by atoms with Crippen LogP contribution in [-0.2, 0) is 19.1 Å². The lowest BCUT2D eigenvalue weighted by molar-refractivity contribution is -0.145. The second-order valence-corrected chi connectivity index (χ2v) is 18.0. The van der Waals surface area contributed by atoms with Crippen LogP contribution < -0.4 is 15.8 Å². The topological polar surface area (TPSA) is 189 Å². The van der Waals surface area contributed by atoms with Gasteiger partial charge in [0.15, 0.2) is 6.23 Å². The van der Waals surface area contributed by atoms with Gasteiger partial charge in [-0.15, -0.1) is 0 Å². The fourth-order valence-electron chi connectivity index (χ4n) is 9.72. The molecule has 2 amide bonds. The summed E-state index contributed by atoms with van der Waals surface area (Å²) in [5.74, 6) is 2.94. The summed E-state index contributed by atoms with van der Waals surface area (Å²) in [6.45, 7) is 9.13. The van der Waals surface area contributed by atoms with Crippen molar-refractivity contribution in [3.63, 3.8) is 0 Å². The number of nitrogens with one attached hydrogen (secondary N) is 3. The second kappa shape index (κ2) is 17.4. The maximum atomic E-state index is 13.8. The van der Waals surface area contributed by atoms with Gasteiger partial charge in [0.2, 0.25) is 18.2 Å². The van der Waals surface area contributed by atoms with Crippen molar-refractivity contribution in [2.75, 3.05) is 27.3 Å². The summed E-state index contributed by atoms with van der Waals surface area (Å²) in [7, 11) is 3.09. The molecule has 7 atom stereocenters. The van der Waals surface area contributed by atoms with Gasteiger partial charge >= 0.3 is 0 Å². The zero-order chi connectivity index (χ0) is 44.1. The molecule has 2 fully saturated rings. The van der Waals surface area contributed by atoms with E-state index in [1.54, 1.807) is 7.11 Å². The molecule has 0 radical (unpaired) electrons. The van der Waals surface area contributed by atoms with Crippen molar-refractivity contribution in [3.05, 3.63) is 90.5 Å². The number of amides is 2. The first kappa shape index (κ1) is 42.6. The highest BCUT2D eigenvalue weighted by atomic mass is 16.6. The van der Waals surface area contributed by atoms with E-state index < -0.39 is 18.5 Å². The van der Waals surface area contributed by atoms with Crippen LogP contribution in [0.3, 0.4) is 0 Å². The zero-order valence-electron chi connectivity index (χ0n) is 36.9. The van der Waals surface area contributed by atoms with Gasteiger partial charge in [-0.05, 0) is 86.4 Å². The van der Waals surface area contributed by atoms with Gasteiger partial charge in [-0.1, -0.05) is 45.9 Å². The molecule has 0 spiro atoms. The van der Waals surface area contributed by atoms with Crippen LogP contribution in [0.2, 0.25) is 0 Å². The van der Waals surface area contributed by atoms with Crippen molar-refractivity contribution in [2.45, 2.75) is 96.6 Å². The monoisotopic (exact) mass is 857 g/mol. The number of imidazole rings is 2. The largest absolute Gasteiger partial charge is 0.497 e. The van der Waals surface area contributed by atoms with Crippen LogP contribution in [0.5, 0.6) is 5.75 Å². The van der Waals surface area contributed by atoms with Gasteiger partial charge in [0.05, 0.1) is 66.3 Å². The van der Waals surface area contributed by atoms with Crippen LogP contribution >= 0.6 is 0 Å². The van der Waals surface area contributed by atoms with Crippen LogP contribution in [0.15, 0.2) is 78.8 Å². The predicted octanol–water partition coefficient (Wildman–Crippen LogP) is 6.93. The molecule has 3 aromatic heterocycles. The summed E-state index contributed by atoms with van der Waals surface area (Å²) in [5, 5.41) is 14.1. The number of carbonyl (C=O) groups is 2. The van der Waals surface area contributed by atoms with Gasteiger partial charge in [0.25, 0.3) is 0 Å². The van der Waals surface area contributed by atoms with E-state index in [0.717, 1.165) is 99.9 Å². The normalized spacial score (nSPS) is 22.3. The number of methoxy groups -OCH3 is 2. The van der Waals surface area contributed by atoms with E-state index in [9.17, 15) is 14.7 Å². The number of aliphatic hydroxyl groups excluding tert-OH is 1. The number of H-pyrrole nitrogens is 2. The van der Waals surface area contributed by atoms with Crippen LogP contribution in [0.25, 0.3) is 44.7 Å². The molecule has 7 unspecified atom stereocenters. The third kappa shape index (κ3) is 7.96. The Bertz CT molecular complexity index is 2550. The Morgan fingerprint density at radius 3 is 2.17 bits per heavy atom. The van der Waals surface area contributed by atoms with Gasteiger partial charge in [0, 0.05) is 48.2 Å². The van der Waals surface area contributed by atoms with Crippen molar-refractivity contribution in [1.29, 1.82) is 0 Å². The number of rotatable bonds is 13. The number of aromatic amines is 2. The van der Waals surface area contributed by atoms with Crippen molar-refractivity contribution < 1.29 is 28.9 Å². The molecule has 6 N–H and O–H groups in total. The SMILES string of the molecule is COC1=CC(C2Oc3cc(-c4cnc(C5CCCN5C(=O)C(N)C(C)C)[nH]4)ccc3-c3cc4cc(-c5cnc(C6CCCN6C(=O)C(NC(O)OC)C(C)C)[nH]5)ccc4n32)CC=C1. The first-order chi connectivity index (χ1) is 30.4. The van der Waals surface area contributed by atoms with Crippen molar-refractivity contribution in [1.82, 2.24) is 39.6 Å². The van der Waals surface area contributed by atoms with E-state index in [2.05, 4.69) is 74.5 Å². The first-order valence-corrected chi connectivity index (χ1v) is 22.3. The summed E-state index contributed by atoms with van der Waals surface area (Å²) in [4.78, 5) is 47.6. The number of hydrogen-bond acceptors (Lipinski definition) is 10. The Labute approximate surface area is 367 Å². The summed E-state index contributed by atoms with van der Waals surface area (Å²) in [6, 6.07) is 13.4. The average Bonchev–Trinajstić information content (AvgIpc) is 4.15. The molecule has 9 rings (SSSR count). The molecule has 0 bridgehead atoms. The number of nitrogens with two attached hydrogens (primary N) is 1. The third-order valence-corrected chi connectivity index (χ3v) is 13.3. The quantitative estimate of drug-likeness (QED) is 0.0777. The van der Waals surface area contributed by atoms with E-state index >= 15 is 0 Å². The maximum Gasteiger partial charge on any atom is 0.240 e. The van der Waals surface area contributed by atoms with Crippen LogP contribution in [0, 0.1) is 17.8 Å². The number of likely N-dealkylation sites (tertiary alicyclic amines) is 2. The third-order valence-electron chi connectivity index (χ3n) is 13.3. The number of hydrogen-bond donors (Lipinski definition) is 5. The van der Waals surface area contributed by atoms with Gasteiger partial charge in [-0.3, -0.25) is 14.9 Å². The first-order valence-electron chi connectivity index (χ1n) is 22.3. The Morgan fingerprint density at radius 2 is 1.54 bits per heavy atom. The molecule has 15 heteroatoms. The van der Waals surface area contributed by atoms with Crippen LogP contribution in [-0.4, -0.2) is 97.0 Å². The number of benzene rings is 2. The summed E-state index contributed by atoms with van der Waals surface area (Å²) >= 11 is 0. The van der Waals surface area contributed by atoms with E-state index in [4.69, 9.17) is 29.9 Å². The molecular weight excluding hydrogens is 799 g/mol. The average molecular weight is 858 g/mol. The van der Waals surface area contributed by atoms with E-state index in [0.29, 0.717) is 13.1 Å². The fourth-order valence-corrected chi connectivity index (χ4v) is 9.72. The number of aliphatic hydroxyl groups is 1. The number of ether oxygens (including phenoxy) is 3. The molecule has 15 nitrogen and oxygen atoms in total. The minimum Gasteiger partial charge on any atom is -0.497 e. The Balaban J connectivity index is 1.02. The minimum absolute atomic E-state index is 0.00637. The number of nitrogens with zero attached hydrogens (tertiary/aromatic N) is 5. The van der Waals surface area contributed by atoms with E-state index in [-0.39, 0.29) is 47.9 Å². The molecule has 3 aliphatic heterocycles. The summed E-state index contributed by atoms with van der Waals surface area (Å²) in [6.07, 6.45) is 12.5. The Kier molecular flexibility index (Phi) is 11.8. The Morgan fingerprint density at radius 1 is 0.889 bits per heavy atom. The second-order valence-electron chi connectivity index (χ2n) is 18.0. The van der Waals surface area contributed by atoms with Gasteiger partial charge < -0.3 is 49.4 Å². The number of allylic oxidation sites excluding steroid dienone is 2. The zero-order valence-corrected chi connectivity index (χ0v) is 36.9. The molecule has 2 saturated heterocycles. The molecule has 1 aliphatic carbocycles. The van der Waals surface area contributed by atoms with Crippen molar-refractivity contribution in [2.24, 2.45) is 23.5 Å². The van der Waals surface area contributed by atoms with Gasteiger partial charge in [-0.25, -0.2) is 9.97 Å². The highest BCUT2D eigenvalue weighted by Gasteiger charge is 2.39. The standard InChI is InChI=1S/C48H59N9O6/c1-26(2)41(49)45(58)55-18-8-12-37(55)43-51-25-35(53-43)29-14-16-33-39-22-31-20-28(15-17-36(31)57(39)47(63-40(33)23-29)30-10-7-11-32(21-30)61-5)34-24-50-44(52-34)38-13-9-19-56(38)46(59)42(27(3)4)54-48(60)62-6/h7,11,14-17,20-27,30,37-38,41-42,47-48,54,60H,8-10,12-13,18-19,49H2,1-6H3,(H,50,52)(H,51,53). The molecule has 332 valence electrons. The summed E-state index contributed by atoms with van der Waals surface area (Å²) in [5.41, 5.74) is 13.0. The van der Waals surface area contributed by atoms with Gasteiger partial charge in [-0.2, -0.15) is 0 Å². The molecular formula is C48H59N9O6. The number of aromatic nitrogens is 5. The number of carbonyl (C=O) groups excluding carboxylic acids is 2. The fraction of sp³-hybridized carbons (Fsp3) is 0.458. The lowest BCUT2D eigenvalue weighted by atomic mass is 9.95. The van der Waals surface area contributed by atoms with Crippen molar-refractivity contribution >= 4 is 22.7 Å². The highest BCUT2D eigenvalue weighted by molar-refractivity contribution is 5.92. The summed E-state index contributed by atoms with van der Waals surface area (Å²) < 4.78 is 20.0. The lowest BCUT2D eigenvalue weighted by Gasteiger charge is -2.35. The molecule has 4 aliphatic rings. The minimum atomic E-state index is -1.24. The molecule has 6 heterocycles. The lowest BCUT2D eigenvalue weighted by Crippen LogP contribution is -2.52. The molecule has 5 aromatic rings. The van der Waals surface area contributed by atoms with Crippen LogP contribution in [0.1, 0.15) is 89.8 Å². The van der Waals surface area contributed by atoms with E-state index in [1.165, 1.54) is 7.11 Å². The predicted molar refractivity (Wildman–Crippen MR) is 240 cm³/mol. The van der Waals surface area contributed by atoms with E-state index in [1.807, 2.05) is 56.0 Å². The highest BCUT2D eigenvalue weighted by Crippen LogP contribution is 2.48. The molecule has 63 heavy (non-hydrogen) atoms. The van der Waals surface area contributed by atoms with Gasteiger partial charge in [0.1, 0.15) is 23.2 Å².